The first kappa shape index (κ1) is 20.8. The van der Waals surface area contributed by atoms with E-state index in [0.717, 1.165) is 5.69 Å². The largest absolute Gasteiger partial charge is 0.495 e. The van der Waals surface area contributed by atoms with E-state index in [1.165, 1.54) is 14.2 Å². The van der Waals surface area contributed by atoms with E-state index < -0.39 is 5.56 Å². The number of benzene rings is 2. The maximum absolute atomic E-state index is 12.6. The summed E-state index contributed by atoms with van der Waals surface area (Å²) in [5.41, 5.74) is 1.43. The summed E-state index contributed by atoms with van der Waals surface area (Å²) in [5.74, 6) is 1.24. The van der Waals surface area contributed by atoms with Crippen LogP contribution in [0.5, 0.6) is 11.5 Å². The third-order valence-electron chi connectivity index (χ3n) is 4.42. The van der Waals surface area contributed by atoms with Crippen LogP contribution in [0.15, 0.2) is 53.3 Å². The molecule has 2 aromatic heterocycles. The van der Waals surface area contributed by atoms with Gasteiger partial charge in [0.25, 0.3) is 5.56 Å². The molecule has 3 N–H and O–H groups in total. The summed E-state index contributed by atoms with van der Waals surface area (Å²) >= 11 is 12.7. The Balaban J connectivity index is 1.71. The Morgan fingerprint density at radius 3 is 2.23 bits per heavy atom. The number of halogens is 2. The molecule has 0 aliphatic heterocycles. The summed E-state index contributed by atoms with van der Waals surface area (Å²) in [5, 5.41) is 6.43. The molecule has 0 amide bonds. The molecule has 0 spiro atoms. The van der Waals surface area contributed by atoms with Gasteiger partial charge in [-0.25, -0.2) is 9.97 Å². The summed E-state index contributed by atoms with van der Waals surface area (Å²) in [7, 11) is 2.93. The molecule has 0 aliphatic carbocycles. The van der Waals surface area contributed by atoms with Crippen LogP contribution >= 0.6 is 23.2 Å². The highest BCUT2D eigenvalue weighted by atomic mass is 35.5. The summed E-state index contributed by atoms with van der Waals surface area (Å²) in [6.07, 6.45) is 0. The Kier molecular flexibility index (Phi) is 5.83. The normalized spacial score (nSPS) is 10.7. The zero-order chi connectivity index (χ0) is 22.0. The van der Waals surface area contributed by atoms with Gasteiger partial charge in [-0.2, -0.15) is 0 Å². The van der Waals surface area contributed by atoms with E-state index in [-0.39, 0.29) is 21.6 Å². The van der Waals surface area contributed by atoms with Gasteiger partial charge in [-0.3, -0.25) is 4.79 Å². The monoisotopic (exact) mass is 457 g/mol. The number of nitrogens with zero attached hydrogens (tertiary/aromatic N) is 2. The molecular weight excluding hydrogens is 441 g/mol. The average Bonchev–Trinajstić information content (AvgIpc) is 2.78. The molecule has 2 heterocycles. The van der Waals surface area contributed by atoms with Gasteiger partial charge in [-0.15, -0.1) is 0 Å². The van der Waals surface area contributed by atoms with Gasteiger partial charge in [-0.05, 0) is 24.3 Å². The maximum Gasteiger partial charge on any atom is 0.292 e. The maximum atomic E-state index is 12.6. The van der Waals surface area contributed by atoms with Gasteiger partial charge in [0, 0.05) is 11.8 Å². The van der Waals surface area contributed by atoms with Crippen LogP contribution in [-0.4, -0.2) is 29.2 Å². The quantitative estimate of drug-likeness (QED) is 0.368. The van der Waals surface area contributed by atoms with Crippen LogP contribution in [0.3, 0.4) is 0 Å². The molecule has 0 radical (unpaired) electrons. The van der Waals surface area contributed by atoms with Gasteiger partial charge in [0.1, 0.15) is 32.9 Å². The SMILES string of the molecule is COc1cc(OC)c(Cl)c(Nc2nc3ccc(Nc4ccccc4)nc3[nH]c2=O)c1Cl. The standard InChI is InChI=1S/C21H17Cl2N5O3/c1-30-13-10-14(31-2)17(23)18(16(13)22)27-20-21(29)28-19-12(25-20)8-9-15(26-19)24-11-6-4-3-5-7-11/h3-10H,1-2H3,(H,25,27)(H2,24,26,28,29). The predicted molar refractivity (Wildman–Crippen MR) is 123 cm³/mol. The minimum absolute atomic E-state index is 0.00262. The molecular formula is C21H17Cl2N5O3. The van der Waals surface area contributed by atoms with Crippen molar-refractivity contribution >= 4 is 57.4 Å². The highest BCUT2D eigenvalue weighted by Crippen LogP contribution is 2.44. The van der Waals surface area contributed by atoms with Gasteiger partial charge in [0.15, 0.2) is 11.5 Å². The number of aromatic nitrogens is 3. The molecule has 0 saturated heterocycles. The lowest BCUT2D eigenvalue weighted by molar-refractivity contribution is 0.395. The Hall–Kier alpha value is -3.49. The van der Waals surface area contributed by atoms with Crippen LogP contribution < -0.4 is 25.7 Å². The highest BCUT2D eigenvalue weighted by Gasteiger charge is 2.19. The lowest BCUT2D eigenvalue weighted by Crippen LogP contribution is -2.15. The molecule has 0 unspecified atom stereocenters. The van der Waals surface area contributed by atoms with Gasteiger partial charge < -0.3 is 25.1 Å². The third kappa shape index (κ3) is 4.21. The lowest BCUT2D eigenvalue weighted by atomic mass is 10.2. The molecule has 0 saturated carbocycles. The van der Waals surface area contributed by atoms with Crippen LogP contribution in [0.2, 0.25) is 10.0 Å². The van der Waals surface area contributed by atoms with Crippen molar-refractivity contribution < 1.29 is 9.47 Å². The molecule has 0 fully saturated rings. The fraction of sp³-hybridized carbons (Fsp3) is 0.0952. The Morgan fingerprint density at radius 1 is 0.903 bits per heavy atom. The number of ether oxygens (including phenoxy) is 2. The summed E-state index contributed by atoms with van der Waals surface area (Å²) in [4.78, 5) is 24.2. The van der Waals surface area contributed by atoms with Crippen LogP contribution in [0.25, 0.3) is 11.2 Å². The number of para-hydroxylation sites is 1. The molecule has 0 bridgehead atoms. The minimum Gasteiger partial charge on any atom is -0.495 e. The van der Waals surface area contributed by atoms with E-state index in [0.29, 0.717) is 28.5 Å². The van der Waals surface area contributed by atoms with E-state index in [9.17, 15) is 4.79 Å². The molecule has 0 aliphatic rings. The number of anilines is 4. The second kappa shape index (κ2) is 8.71. The molecule has 2 aromatic carbocycles. The van der Waals surface area contributed by atoms with E-state index in [1.807, 2.05) is 30.3 Å². The van der Waals surface area contributed by atoms with Crippen molar-refractivity contribution in [2.45, 2.75) is 0 Å². The molecule has 8 nitrogen and oxygen atoms in total. The molecule has 0 atom stereocenters. The van der Waals surface area contributed by atoms with Crippen LogP contribution in [0, 0.1) is 0 Å². The fourth-order valence-electron chi connectivity index (χ4n) is 2.91. The van der Waals surface area contributed by atoms with Crippen molar-refractivity contribution in [2.24, 2.45) is 0 Å². The first-order valence-corrected chi connectivity index (χ1v) is 9.86. The van der Waals surface area contributed by atoms with Gasteiger partial charge in [-0.1, -0.05) is 41.4 Å². The first-order chi connectivity index (χ1) is 15.0. The zero-order valence-electron chi connectivity index (χ0n) is 16.5. The minimum atomic E-state index is -0.495. The lowest BCUT2D eigenvalue weighted by Gasteiger charge is -2.15. The molecule has 4 aromatic rings. The first-order valence-electron chi connectivity index (χ1n) is 9.10. The average molecular weight is 458 g/mol. The Bertz CT molecular complexity index is 1280. The molecule has 10 heteroatoms. The third-order valence-corrected chi connectivity index (χ3v) is 5.17. The van der Waals surface area contributed by atoms with E-state index in [4.69, 9.17) is 32.7 Å². The highest BCUT2D eigenvalue weighted by molar-refractivity contribution is 6.41. The van der Waals surface area contributed by atoms with Crippen LogP contribution in [-0.2, 0) is 0 Å². The van der Waals surface area contributed by atoms with Crippen molar-refractivity contribution in [1.82, 2.24) is 15.0 Å². The number of pyridine rings is 1. The van der Waals surface area contributed by atoms with Gasteiger partial charge in [0.05, 0.1) is 19.9 Å². The zero-order valence-corrected chi connectivity index (χ0v) is 18.0. The summed E-state index contributed by atoms with van der Waals surface area (Å²) in [6, 6.07) is 14.6. The molecule has 31 heavy (non-hydrogen) atoms. The van der Waals surface area contributed by atoms with E-state index in [2.05, 4.69) is 25.6 Å². The number of hydrogen-bond acceptors (Lipinski definition) is 7. The number of rotatable bonds is 6. The van der Waals surface area contributed by atoms with Crippen molar-refractivity contribution in [3.8, 4) is 11.5 Å². The van der Waals surface area contributed by atoms with E-state index in [1.54, 1.807) is 18.2 Å². The number of hydrogen-bond donors (Lipinski definition) is 3. The Labute approximate surface area is 187 Å². The number of methoxy groups -OCH3 is 2. The molecule has 4 rings (SSSR count). The van der Waals surface area contributed by atoms with Crippen LogP contribution in [0.4, 0.5) is 23.0 Å². The van der Waals surface area contributed by atoms with Gasteiger partial charge in [0.2, 0.25) is 0 Å². The predicted octanol–water partition coefficient (Wildman–Crippen LogP) is 5.13. The number of H-pyrrole nitrogens is 1. The second-order valence-corrected chi connectivity index (χ2v) is 7.13. The summed E-state index contributed by atoms with van der Waals surface area (Å²) < 4.78 is 10.5. The Morgan fingerprint density at radius 2 is 1.58 bits per heavy atom. The van der Waals surface area contributed by atoms with Crippen molar-refractivity contribution in [3.63, 3.8) is 0 Å². The second-order valence-electron chi connectivity index (χ2n) is 6.38. The van der Waals surface area contributed by atoms with Gasteiger partial charge >= 0.3 is 0 Å². The smallest absolute Gasteiger partial charge is 0.292 e. The van der Waals surface area contributed by atoms with Crippen molar-refractivity contribution in [3.05, 3.63) is 68.9 Å². The fourth-order valence-corrected chi connectivity index (χ4v) is 3.50. The number of nitrogens with one attached hydrogen (secondary N) is 3. The molecule has 158 valence electrons. The number of fused-ring (bicyclic) bond motifs is 1. The summed E-state index contributed by atoms with van der Waals surface area (Å²) in [6.45, 7) is 0. The van der Waals surface area contributed by atoms with Crippen molar-refractivity contribution in [2.75, 3.05) is 24.9 Å². The van der Waals surface area contributed by atoms with Crippen LogP contribution in [0.1, 0.15) is 0 Å². The number of aromatic amines is 1. The van der Waals surface area contributed by atoms with E-state index >= 15 is 0 Å². The topological polar surface area (TPSA) is 101 Å². The van der Waals surface area contributed by atoms with Crippen molar-refractivity contribution in [1.29, 1.82) is 0 Å².